The van der Waals surface area contributed by atoms with Crippen LogP contribution in [-0.4, -0.2) is 28.9 Å². The number of carbonyl (C=O) groups excluding carboxylic acids is 1. The molecular weight excluding hydrogens is 340 g/mol. The summed E-state index contributed by atoms with van der Waals surface area (Å²) in [4.78, 5) is 14.8. The number of aryl methyl sites for hydroxylation is 1. The highest BCUT2D eigenvalue weighted by molar-refractivity contribution is 7.99. The summed E-state index contributed by atoms with van der Waals surface area (Å²) in [6.45, 7) is 2.90. The van der Waals surface area contributed by atoms with Crippen molar-refractivity contribution in [3.8, 4) is 0 Å². The van der Waals surface area contributed by atoms with Gasteiger partial charge >= 0.3 is 0 Å². The Balaban J connectivity index is 0.00000208. The maximum absolute atomic E-state index is 12.8. The highest BCUT2D eigenvalue weighted by atomic mass is 35.5. The van der Waals surface area contributed by atoms with Crippen molar-refractivity contribution in [1.82, 2.24) is 4.90 Å². The first-order valence-corrected chi connectivity index (χ1v) is 9.07. The van der Waals surface area contributed by atoms with Gasteiger partial charge in [-0.25, -0.2) is 0 Å². The highest BCUT2D eigenvalue weighted by Gasteiger charge is 2.28. The van der Waals surface area contributed by atoms with Crippen LogP contribution in [0.25, 0.3) is 0 Å². The molecule has 128 valence electrons. The van der Waals surface area contributed by atoms with Crippen molar-refractivity contribution in [3.63, 3.8) is 0 Å². The van der Waals surface area contributed by atoms with Gasteiger partial charge in [0.1, 0.15) is 0 Å². The molecule has 3 nitrogen and oxygen atoms in total. The molecule has 24 heavy (non-hydrogen) atoms. The van der Waals surface area contributed by atoms with Crippen LogP contribution in [0.4, 0.5) is 5.69 Å². The molecule has 1 unspecified atom stereocenters. The standard InChI is InChI=1S/C19H22N2OS.ClH/c1-14-2-6-16(7-3-14)18-13-23-11-10-21(18)19(22)12-15-4-8-17(20)9-5-15;/h2-9,18H,10-13,20H2,1H3;1H. The molecule has 2 N–H and O–H groups in total. The largest absolute Gasteiger partial charge is 0.399 e. The Morgan fingerprint density at radius 1 is 1.17 bits per heavy atom. The molecular formula is C19H23ClN2OS. The van der Waals surface area contributed by atoms with Crippen molar-refractivity contribution in [1.29, 1.82) is 0 Å². The third kappa shape index (κ3) is 4.46. The number of anilines is 1. The van der Waals surface area contributed by atoms with Gasteiger partial charge in [0.05, 0.1) is 12.5 Å². The summed E-state index contributed by atoms with van der Waals surface area (Å²) in [6, 6.07) is 16.3. The van der Waals surface area contributed by atoms with E-state index in [1.54, 1.807) is 0 Å². The van der Waals surface area contributed by atoms with Gasteiger partial charge in [-0.05, 0) is 30.2 Å². The van der Waals surface area contributed by atoms with Crippen LogP contribution in [0.5, 0.6) is 0 Å². The van der Waals surface area contributed by atoms with Crippen molar-refractivity contribution >= 4 is 35.8 Å². The van der Waals surface area contributed by atoms with E-state index in [0.29, 0.717) is 6.42 Å². The molecule has 1 fully saturated rings. The molecule has 1 aliphatic rings. The van der Waals surface area contributed by atoms with Crippen LogP contribution in [0.1, 0.15) is 22.7 Å². The molecule has 1 atom stereocenters. The SMILES string of the molecule is Cc1ccc(C2CSCCN2C(=O)Cc2ccc(N)cc2)cc1.Cl. The number of benzene rings is 2. The zero-order chi connectivity index (χ0) is 16.2. The Hall–Kier alpha value is -1.65. The van der Waals surface area contributed by atoms with Crippen LogP contribution in [0, 0.1) is 6.92 Å². The zero-order valence-electron chi connectivity index (χ0n) is 13.8. The van der Waals surface area contributed by atoms with E-state index in [-0.39, 0.29) is 24.4 Å². The summed E-state index contributed by atoms with van der Waals surface area (Å²) in [5, 5.41) is 0. The van der Waals surface area contributed by atoms with Gasteiger partial charge in [0.25, 0.3) is 0 Å². The zero-order valence-corrected chi connectivity index (χ0v) is 15.4. The third-order valence-corrected chi connectivity index (χ3v) is 5.27. The molecule has 0 spiro atoms. The minimum absolute atomic E-state index is 0. The van der Waals surface area contributed by atoms with Crippen LogP contribution >= 0.6 is 24.2 Å². The third-order valence-electron chi connectivity index (χ3n) is 4.25. The Kier molecular flexibility index (Phi) is 6.58. The van der Waals surface area contributed by atoms with Crippen molar-refractivity contribution in [2.24, 2.45) is 0 Å². The lowest BCUT2D eigenvalue weighted by Crippen LogP contribution is -2.41. The first-order valence-electron chi connectivity index (χ1n) is 7.91. The maximum atomic E-state index is 12.8. The van der Waals surface area contributed by atoms with Gasteiger partial charge in [0.15, 0.2) is 0 Å². The summed E-state index contributed by atoms with van der Waals surface area (Å²) in [6.07, 6.45) is 0.438. The molecule has 1 aliphatic heterocycles. The molecule has 2 aromatic rings. The fraction of sp³-hybridized carbons (Fsp3) is 0.316. The molecule has 3 rings (SSSR count). The van der Waals surface area contributed by atoms with Gasteiger partial charge in [0.2, 0.25) is 5.91 Å². The van der Waals surface area contributed by atoms with Crippen LogP contribution in [0.15, 0.2) is 48.5 Å². The molecule has 0 aliphatic carbocycles. The van der Waals surface area contributed by atoms with E-state index in [1.807, 2.05) is 40.9 Å². The van der Waals surface area contributed by atoms with Crippen LogP contribution in [0.3, 0.4) is 0 Å². The van der Waals surface area contributed by atoms with E-state index in [9.17, 15) is 4.79 Å². The molecule has 0 radical (unpaired) electrons. The predicted molar refractivity (Wildman–Crippen MR) is 105 cm³/mol. The number of thioether (sulfide) groups is 1. The number of nitrogens with zero attached hydrogens (tertiary/aromatic N) is 1. The van der Waals surface area contributed by atoms with Crippen molar-refractivity contribution in [3.05, 3.63) is 65.2 Å². The number of hydrogen-bond donors (Lipinski definition) is 1. The fourth-order valence-corrected chi connectivity index (χ4v) is 3.97. The number of halogens is 1. The number of hydrogen-bond acceptors (Lipinski definition) is 3. The molecule has 5 heteroatoms. The lowest BCUT2D eigenvalue weighted by atomic mass is 10.0. The van der Waals surface area contributed by atoms with Gasteiger partial charge in [-0.2, -0.15) is 11.8 Å². The van der Waals surface area contributed by atoms with E-state index in [4.69, 9.17) is 5.73 Å². The Morgan fingerprint density at radius 2 is 1.83 bits per heavy atom. The van der Waals surface area contributed by atoms with Crippen molar-refractivity contribution in [2.45, 2.75) is 19.4 Å². The average molecular weight is 363 g/mol. The average Bonchev–Trinajstić information content (AvgIpc) is 2.58. The van der Waals surface area contributed by atoms with Gasteiger partial charge in [0, 0.05) is 23.7 Å². The lowest BCUT2D eigenvalue weighted by molar-refractivity contribution is -0.132. The first kappa shape index (κ1) is 18.7. The molecule has 1 saturated heterocycles. The van der Waals surface area contributed by atoms with Crippen LogP contribution < -0.4 is 5.73 Å². The Labute approximate surface area is 154 Å². The first-order chi connectivity index (χ1) is 11.1. The number of amides is 1. The van der Waals surface area contributed by atoms with Gasteiger partial charge < -0.3 is 10.6 Å². The normalized spacial score (nSPS) is 17.2. The summed E-state index contributed by atoms with van der Waals surface area (Å²) in [7, 11) is 0. The number of rotatable bonds is 3. The molecule has 2 aromatic carbocycles. The van der Waals surface area contributed by atoms with Gasteiger partial charge in [-0.1, -0.05) is 42.0 Å². The fourth-order valence-electron chi connectivity index (χ4n) is 2.88. The summed E-state index contributed by atoms with van der Waals surface area (Å²) >= 11 is 1.92. The molecule has 0 aromatic heterocycles. The van der Waals surface area contributed by atoms with Crippen molar-refractivity contribution < 1.29 is 4.79 Å². The Morgan fingerprint density at radius 3 is 2.50 bits per heavy atom. The second kappa shape index (κ2) is 8.45. The minimum atomic E-state index is 0. The second-order valence-corrected chi connectivity index (χ2v) is 7.16. The van der Waals surface area contributed by atoms with Crippen molar-refractivity contribution in [2.75, 3.05) is 23.8 Å². The minimum Gasteiger partial charge on any atom is -0.399 e. The smallest absolute Gasteiger partial charge is 0.227 e. The van der Waals surface area contributed by atoms with Crippen LogP contribution in [-0.2, 0) is 11.2 Å². The molecule has 0 bridgehead atoms. The molecule has 0 saturated carbocycles. The Bertz CT molecular complexity index is 673. The highest BCUT2D eigenvalue weighted by Crippen LogP contribution is 2.30. The number of nitrogens with two attached hydrogens (primary N) is 1. The molecule has 1 heterocycles. The van der Waals surface area contributed by atoms with Gasteiger partial charge in [-0.3, -0.25) is 4.79 Å². The van der Waals surface area contributed by atoms with E-state index in [0.717, 1.165) is 29.3 Å². The van der Waals surface area contributed by atoms with E-state index in [2.05, 4.69) is 31.2 Å². The van der Waals surface area contributed by atoms with E-state index >= 15 is 0 Å². The quantitative estimate of drug-likeness (QED) is 0.843. The lowest BCUT2D eigenvalue weighted by Gasteiger charge is -2.36. The summed E-state index contributed by atoms with van der Waals surface area (Å²) < 4.78 is 0. The van der Waals surface area contributed by atoms with E-state index in [1.165, 1.54) is 11.1 Å². The van der Waals surface area contributed by atoms with Crippen LogP contribution in [0.2, 0.25) is 0 Å². The monoisotopic (exact) mass is 362 g/mol. The summed E-state index contributed by atoms with van der Waals surface area (Å²) in [5.41, 5.74) is 9.94. The maximum Gasteiger partial charge on any atom is 0.227 e. The number of nitrogen functional groups attached to an aromatic ring is 1. The topological polar surface area (TPSA) is 46.3 Å². The number of carbonyl (C=O) groups is 1. The summed E-state index contributed by atoms with van der Waals surface area (Å²) in [5.74, 6) is 2.17. The predicted octanol–water partition coefficient (Wildman–Crippen LogP) is 3.86. The van der Waals surface area contributed by atoms with Gasteiger partial charge in [-0.15, -0.1) is 12.4 Å². The second-order valence-electron chi connectivity index (χ2n) is 6.01. The molecule has 1 amide bonds. The van der Waals surface area contributed by atoms with E-state index < -0.39 is 0 Å².